The first kappa shape index (κ1) is 15.1. The molecule has 1 aliphatic rings. The molecular weight excluding hydrogens is 238 g/mol. The predicted octanol–water partition coefficient (Wildman–Crippen LogP) is 0.906. The van der Waals surface area contributed by atoms with Crippen molar-refractivity contribution in [3.8, 4) is 0 Å². The van der Waals surface area contributed by atoms with Gasteiger partial charge in [0.25, 0.3) is 0 Å². The maximum Gasteiger partial charge on any atom is 0.515 e. The van der Waals surface area contributed by atoms with Gasteiger partial charge in [0, 0.05) is 6.61 Å². The van der Waals surface area contributed by atoms with Gasteiger partial charge in [0.2, 0.25) is 0 Å². The largest absolute Gasteiger partial charge is 0.515 e. The van der Waals surface area contributed by atoms with Crippen molar-refractivity contribution in [1.29, 1.82) is 0 Å². The zero-order chi connectivity index (χ0) is 12.6. The second kappa shape index (κ2) is 8.18. The summed E-state index contributed by atoms with van der Waals surface area (Å²) in [6.07, 6.45) is 0.772. The molecule has 102 valence electrons. The van der Waals surface area contributed by atoms with E-state index in [0.29, 0.717) is 33.0 Å². The Morgan fingerprint density at radius 3 is 2.06 bits per heavy atom. The lowest BCUT2D eigenvalue weighted by molar-refractivity contribution is -0.0204. The Morgan fingerprint density at radius 2 is 1.59 bits per heavy atom. The van der Waals surface area contributed by atoms with E-state index in [0.717, 1.165) is 19.3 Å². The lowest BCUT2D eigenvalue weighted by Crippen LogP contribution is -2.56. The highest BCUT2D eigenvalue weighted by Crippen LogP contribution is 2.13. The van der Waals surface area contributed by atoms with Crippen molar-refractivity contribution in [2.75, 3.05) is 52.3 Å². The second-order valence-corrected chi connectivity index (χ2v) is 6.43. The molecule has 17 heavy (non-hydrogen) atoms. The molecule has 0 radical (unpaired) electrons. The summed E-state index contributed by atoms with van der Waals surface area (Å²) in [4.78, 5) is 2.30. The van der Waals surface area contributed by atoms with Crippen LogP contribution in [0.4, 0.5) is 0 Å². The van der Waals surface area contributed by atoms with E-state index in [1.807, 2.05) is 6.92 Å². The fourth-order valence-electron chi connectivity index (χ4n) is 1.82. The van der Waals surface area contributed by atoms with Crippen LogP contribution in [0.3, 0.4) is 0 Å². The van der Waals surface area contributed by atoms with Gasteiger partial charge in [-0.25, -0.2) is 0 Å². The fourth-order valence-corrected chi connectivity index (χ4v) is 4.56. The van der Waals surface area contributed by atoms with Crippen LogP contribution in [0.5, 0.6) is 0 Å². The highest BCUT2D eigenvalue weighted by atomic mass is 28.4. The fraction of sp³-hybridized carbons (Fsp3) is 1.00. The van der Waals surface area contributed by atoms with Crippen LogP contribution < -0.4 is 0 Å². The van der Waals surface area contributed by atoms with Gasteiger partial charge >= 0.3 is 8.80 Å². The van der Waals surface area contributed by atoms with Gasteiger partial charge in [-0.1, -0.05) is 13.8 Å². The minimum absolute atomic E-state index is 0.563. The van der Waals surface area contributed by atoms with Crippen LogP contribution in [0.15, 0.2) is 0 Å². The van der Waals surface area contributed by atoms with Gasteiger partial charge < -0.3 is 18.0 Å². The van der Waals surface area contributed by atoms with E-state index >= 15 is 0 Å². The molecule has 1 rings (SSSR count). The first-order valence-electron chi connectivity index (χ1n) is 6.48. The molecule has 5 nitrogen and oxygen atoms in total. The SMILES string of the molecule is CCO[Si]1(CN(CC)CC)OCCOCCO1. The van der Waals surface area contributed by atoms with E-state index in [9.17, 15) is 0 Å². The average molecular weight is 263 g/mol. The molecule has 0 aromatic heterocycles. The van der Waals surface area contributed by atoms with Crippen molar-refractivity contribution in [3.05, 3.63) is 0 Å². The molecule has 0 spiro atoms. The summed E-state index contributed by atoms with van der Waals surface area (Å²) in [5.74, 6) is 0. The lowest BCUT2D eigenvalue weighted by Gasteiger charge is -2.34. The van der Waals surface area contributed by atoms with Crippen molar-refractivity contribution < 1.29 is 18.0 Å². The third kappa shape index (κ3) is 5.03. The van der Waals surface area contributed by atoms with Crippen molar-refractivity contribution in [2.24, 2.45) is 0 Å². The third-order valence-corrected chi connectivity index (χ3v) is 5.63. The Bertz CT molecular complexity index is 194. The predicted molar refractivity (Wildman–Crippen MR) is 67.9 cm³/mol. The molecule has 0 N–H and O–H groups in total. The topological polar surface area (TPSA) is 40.2 Å². The average Bonchev–Trinajstić information content (AvgIpc) is 2.31. The standard InChI is InChI=1S/C11H25NO4Si/c1-4-12(5-2)11-17(14-6-3)15-9-7-13-8-10-16-17/h4-11H2,1-3H3. The van der Waals surface area contributed by atoms with Gasteiger partial charge in [-0.15, -0.1) is 0 Å². The molecule has 0 aliphatic carbocycles. The number of nitrogens with zero attached hydrogens (tertiary/aromatic N) is 1. The van der Waals surface area contributed by atoms with Crippen LogP contribution in [0, 0.1) is 0 Å². The van der Waals surface area contributed by atoms with Crippen molar-refractivity contribution in [3.63, 3.8) is 0 Å². The molecule has 1 fully saturated rings. The zero-order valence-corrected chi connectivity index (χ0v) is 12.2. The molecule has 0 saturated carbocycles. The van der Waals surface area contributed by atoms with E-state index in [1.165, 1.54) is 0 Å². The molecular formula is C11H25NO4Si. The number of hydrogen-bond acceptors (Lipinski definition) is 5. The van der Waals surface area contributed by atoms with Crippen LogP contribution in [0.1, 0.15) is 20.8 Å². The molecule has 0 aromatic carbocycles. The summed E-state index contributed by atoms with van der Waals surface area (Å²) in [7, 11) is -2.52. The van der Waals surface area contributed by atoms with E-state index in [-0.39, 0.29) is 0 Å². The van der Waals surface area contributed by atoms with E-state index < -0.39 is 8.80 Å². The van der Waals surface area contributed by atoms with Crippen LogP contribution in [0.2, 0.25) is 0 Å². The highest BCUT2D eigenvalue weighted by Gasteiger charge is 2.43. The molecule has 0 amide bonds. The smallest absolute Gasteiger partial charge is 0.377 e. The summed E-state index contributed by atoms with van der Waals surface area (Å²) in [6, 6.07) is 0. The maximum atomic E-state index is 5.87. The monoisotopic (exact) mass is 263 g/mol. The molecule has 0 unspecified atom stereocenters. The van der Waals surface area contributed by atoms with Gasteiger partial charge in [0.05, 0.1) is 32.6 Å². The Hall–Kier alpha value is 0.0169. The lowest BCUT2D eigenvalue weighted by atomic mass is 10.6. The molecule has 1 saturated heterocycles. The Balaban J connectivity index is 2.62. The van der Waals surface area contributed by atoms with Crippen LogP contribution >= 0.6 is 0 Å². The van der Waals surface area contributed by atoms with Crippen LogP contribution in [-0.2, 0) is 18.0 Å². The highest BCUT2D eigenvalue weighted by molar-refractivity contribution is 6.60. The normalized spacial score (nSPS) is 21.2. The second-order valence-electron chi connectivity index (χ2n) is 3.89. The summed E-state index contributed by atoms with van der Waals surface area (Å²) >= 11 is 0. The summed E-state index contributed by atoms with van der Waals surface area (Å²) < 4.78 is 22.9. The van der Waals surface area contributed by atoms with Crippen molar-refractivity contribution in [2.45, 2.75) is 20.8 Å². The van der Waals surface area contributed by atoms with Crippen molar-refractivity contribution >= 4 is 8.80 Å². The first-order chi connectivity index (χ1) is 8.26. The minimum Gasteiger partial charge on any atom is -0.377 e. The summed E-state index contributed by atoms with van der Waals surface area (Å²) in [5, 5.41) is 0. The first-order valence-corrected chi connectivity index (χ1v) is 8.41. The molecule has 0 atom stereocenters. The van der Waals surface area contributed by atoms with Crippen LogP contribution in [0.25, 0.3) is 0 Å². The van der Waals surface area contributed by atoms with Gasteiger partial charge in [-0.05, 0) is 20.0 Å². The summed E-state index contributed by atoms with van der Waals surface area (Å²) in [5.41, 5.74) is 0. The van der Waals surface area contributed by atoms with E-state index in [4.69, 9.17) is 18.0 Å². The Labute approximate surface area is 105 Å². The number of hydrogen-bond donors (Lipinski definition) is 0. The quantitative estimate of drug-likeness (QED) is 0.666. The molecule has 6 heteroatoms. The van der Waals surface area contributed by atoms with Crippen LogP contribution in [-0.4, -0.2) is 66.0 Å². The van der Waals surface area contributed by atoms with Crippen molar-refractivity contribution in [1.82, 2.24) is 4.90 Å². The Kier molecular flexibility index (Phi) is 7.25. The maximum absolute atomic E-state index is 5.87. The molecule has 0 bridgehead atoms. The molecule has 1 heterocycles. The van der Waals surface area contributed by atoms with Gasteiger partial charge in [0.15, 0.2) is 0 Å². The Morgan fingerprint density at radius 1 is 1.00 bits per heavy atom. The molecule has 1 aliphatic heterocycles. The summed E-state index contributed by atoms with van der Waals surface area (Å²) in [6.45, 7) is 11.3. The van der Waals surface area contributed by atoms with Gasteiger partial charge in [-0.3, -0.25) is 4.90 Å². The minimum atomic E-state index is -2.52. The molecule has 0 aromatic rings. The van der Waals surface area contributed by atoms with E-state index in [2.05, 4.69) is 18.7 Å². The third-order valence-electron chi connectivity index (χ3n) is 2.78. The van der Waals surface area contributed by atoms with Gasteiger partial charge in [0.1, 0.15) is 0 Å². The van der Waals surface area contributed by atoms with Gasteiger partial charge in [-0.2, -0.15) is 0 Å². The number of ether oxygens (including phenoxy) is 1. The number of rotatable bonds is 6. The zero-order valence-electron chi connectivity index (χ0n) is 11.2. The van der Waals surface area contributed by atoms with E-state index in [1.54, 1.807) is 0 Å².